The molecule has 0 saturated carbocycles. The van der Waals surface area contributed by atoms with Crippen LogP contribution in [0.2, 0.25) is 0 Å². The number of hydrogen-bond acceptors (Lipinski definition) is 4. The van der Waals surface area contributed by atoms with E-state index < -0.39 is 0 Å². The van der Waals surface area contributed by atoms with Gasteiger partial charge < -0.3 is 14.5 Å². The maximum atomic E-state index is 12.5. The number of hydrogen-bond donors (Lipinski definition) is 0. The minimum atomic E-state index is 0.128. The van der Waals surface area contributed by atoms with E-state index in [4.69, 9.17) is 4.74 Å². The number of aromatic nitrogens is 2. The highest BCUT2D eigenvalue weighted by molar-refractivity contribution is 5.74. The average molecular weight is 383 g/mol. The van der Waals surface area contributed by atoms with E-state index in [9.17, 15) is 4.79 Å². The number of benzene rings is 1. The first-order chi connectivity index (χ1) is 13.5. The van der Waals surface area contributed by atoms with Crippen molar-refractivity contribution in [1.82, 2.24) is 24.5 Å². The molecular weight excluding hydrogens is 354 g/mol. The molecule has 0 N–H and O–H groups in total. The predicted octanol–water partition coefficient (Wildman–Crippen LogP) is 2.46. The number of ether oxygens (including phenoxy) is 1. The molecule has 150 valence electrons. The fourth-order valence-corrected chi connectivity index (χ4v) is 4.44. The Morgan fingerprint density at radius 1 is 1.21 bits per heavy atom. The van der Waals surface area contributed by atoms with Gasteiger partial charge in [-0.2, -0.15) is 5.10 Å². The van der Waals surface area contributed by atoms with E-state index in [-0.39, 0.29) is 6.03 Å². The molecule has 0 aliphatic carbocycles. The van der Waals surface area contributed by atoms with E-state index >= 15 is 0 Å². The smallest absolute Gasteiger partial charge is 0.319 e. The van der Waals surface area contributed by atoms with Crippen LogP contribution in [0.4, 0.5) is 4.79 Å². The summed E-state index contributed by atoms with van der Waals surface area (Å²) in [6, 6.07) is 8.44. The topological polar surface area (TPSA) is 53.8 Å². The summed E-state index contributed by atoms with van der Waals surface area (Å²) in [7, 11) is 5.34. The monoisotopic (exact) mass is 383 g/mol. The number of amides is 2. The third-order valence-corrected chi connectivity index (χ3v) is 5.83. The molecule has 0 spiro atoms. The van der Waals surface area contributed by atoms with Crippen LogP contribution in [0.15, 0.2) is 36.7 Å². The zero-order chi connectivity index (χ0) is 19.7. The first-order valence-corrected chi connectivity index (χ1v) is 9.92. The van der Waals surface area contributed by atoms with E-state index in [0.29, 0.717) is 12.0 Å². The molecule has 2 bridgehead atoms. The van der Waals surface area contributed by atoms with Crippen LogP contribution in [0.5, 0.6) is 5.75 Å². The summed E-state index contributed by atoms with van der Waals surface area (Å²) in [5.41, 5.74) is 2.13. The second kappa shape index (κ2) is 7.83. The molecule has 4 heterocycles. The molecular formula is C21H29N5O2. The summed E-state index contributed by atoms with van der Waals surface area (Å²) < 4.78 is 7.34. The SMILES string of the molecule is COc1ccccc1-n1cc(CN2C[C@@H]3CC[C@H]2CN(C(=O)N(C)C)C3)cn1. The molecule has 0 radical (unpaired) electrons. The molecule has 5 rings (SSSR count). The van der Waals surface area contributed by atoms with Gasteiger partial charge in [-0.15, -0.1) is 0 Å². The molecule has 2 aromatic rings. The van der Waals surface area contributed by atoms with Crippen molar-refractivity contribution in [2.45, 2.75) is 25.4 Å². The number of nitrogens with zero attached hydrogens (tertiary/aromatic N) is 5. The second-order valence-electron chi connectivity index (χ2n) is 8.07. The van der Waals surface area contributed by atoms with Crippen LogP contribution in [0.1, 0.15) is 18.4 Å². The highest BCUT2D eigenvalue weighted by Crippen LogP contribution is 2.30. The molecule has 3 fully saturated rings. The summed E-state index contributed by atoms with van der Waals surface area (Å²) in [4.78, 5) is 18.7. The number of carbonyl (C=O) groups is 1. The standard InChI is InChI=1S/C21H29N5O2/c1-23(2)21(27)25-12-16-8-9-18(15-25)24(11-16)13-17-10-22-26(14-17)19-6-4-5-7-20(19)28-3/h4-7,10,14,16,18H,8-9,11-13,15H2,1-3H3/t16-,18-/m0/s1. The Hall–Kier alpha value is -2.54. The quantitative estimate of drug-likeness (QED) is 0.814. The average Bonchev–Trinajstić information content (AvgIpc) is 2.97. The Morgan fingerprint density at radius 3 is 2.82 bits per heavy atom. The van der Waals surface area contributed by atoms with Crippen LogP contribution in [0.3, 0.4) is 0 Å². The summed E-state index contributed by atoms with van der Waals surface area (Å²) in [5.74, 6) is 1.36. The van der Waals surface area contributed by atoms with Gasteiger partial charge in [0, 0.05) is 58.1 Å². The number of fused-ring (bicyclic) bond motifs is 4. The highest BCUT2D eigenvalue weighted by Gasteiger charge is 2.36. The molecule has 0 unspecified atom stereocenters. The molecule has 2 atom stereocenters. The number of urea groups is 1. The Balaban J connectivity index is 1.48. The van der Waals surface area contributed by atoms with Gasteiger partial charge in [-0.1, -0.05) is 12.1 Å². The maximum absolute atomic E-state index is 12.5. The third kappa shape index (κ3) is 3.71. The van der Waals surface area contributed by atoms with Crippen LogP contribution in [-0.4, -0.2) is 77.4 Å². The van der Waals surface area contributed by atoms with Crippen molar-refractivity contribution >= 4 is 6.03 Å². The lowest BCUT2D eigenvalue weighted by molar-refractivity contribution is 0.123. The van der Waals surface area contributed by atoms with Gasteiger partial charge in [-0.3, -0.25) is 4.90 Å². The summed E-state index contributed by atoms with van der Waals surface area (Å²) in [6.45, 7) is 3.58. The van der Waals surface area contributed by atoms with Crippen LogP contribution >= 0.6 is 0 Å². The number of methoxy groups -OCH3 is 1. The molecule has 7 heteroatoms. The fourth-order valence-electron chi connectivity index (χ4n) is 4.44. The van der Waals surface area contributed by atoms with Crippen molar-refractivity contribution in [2.75, 3.05) is 40.8 Å². The Morgan fingerprint density at radius 2 is 2.04 bits per heavy atom. The van der Waals surface area contributed by atoms with Gasteiger partial charge in [0.2, 0.25) is 0 Å². The first-order valence-electron chi connectivity index (χ1n) is 9.92. The van der Waals surface area contributed by atoms with Crippen molar-refractivity contribution in [3.05, 3.63) is 42.2 Å². The molecule has 7 nitrogen and oxygen atoms in total. The van der Waals surface area contributed by atoms with E-state index in [2.05, 4.69) is 16.2 Å². The summed E-state index contributed by atoms with van der Waals surface area (Å²) in [6.07, 6.45) is 6.38. The van der Waals surface area contributed by atoms with Crippen molar-refractivity contribution in [2.24, 2.45) is 5.92 Å². The van der Waals surface area contributed by atoms with Crippen LogP contribution in [0, 0.1) is 5.92 Å². The lowest BCUT2D eigenvalue weighted by Gasteiger charge is -2.35. The molecule has 3 aliphatic heterocycles. The second-order valence-corrected chi connectivity index (χ2v) is 8.07. The van der Waals surface area contributed by atoms with E-state index in [1.807, 2.05) is 54.1 Å². The maximum Gasteiger partial charge on any atom is 0.319 e. The van der Waals surface area contributed by atoms with Crippen molar-refractivity contribution in [3.63, 3.8) is 0 Å². The molecule has 3 saturated heterocycles. The number of rotatable bonds is 4. The molecule has 2 amide bonds. The minimum absolute atomic E-state index is 0.128. The number of carbonyl (C=O) groups excluding carboxylic acids is 1. The molecule has 1 aromatic carbocycles. The predicted molar refractivity (Wildman–Crippen MR) is 108 cm³/mol. The Bertz CT molecular complexity index is 834. The van der Waals surface area contributed by atoms with Crippen molar-refractivity contribution in [1.29, 1.82) is 0 Å². The zero-order valence-electron chi connectivity index (χ0n) is 16.9. The van der Waals surface area contributed by atoms with E-state index in [0.717, 1.165) is 44.0 Å². The van der Waals surface area contributed by atoms with Gasteiger partial charge in [0.1, 0.15) is 11.4 Å². The Kier molecular flexibility index (Phi) is 5.26. The van der Waals surface area contributed by atoms with Crippen LogP contribution in [-0.2, 0) is 6.54 Å². The van der Waals surface area contributed by atoms with Crippen molar-refractivity contribution < 1.29 is 9.53 Å². The van der Waals surface area contributed by atoms with E-state index in [1.165, 1.54) is 12.0 Å². The minimum Gasteiger partial charge on any atom is -0.494 e. The molecule has 1 aromatic heterocycles. The molecule has 3 aliphatic rings. The van der Waals surface area contributed by atoms with Crippen molar-refractivity contribution in [3.8, 4) is 11.4 Å². The zero-order valence-corrected chi connectivity index (χ0v) is 16.9. The third-order valence-electron chi connectivity index (χ3n) is 5.83. The highest BCUT2D eigenvalue weighted by atomic mass is 16.5. The van der Waals surface area contributed by atoms with Gasteiger partial charge in [0.25, 0.3) is 0 Å². The Labute approximate surface area is 166 Å². The number of piperidine rings is 1. The molecule has 28 heavy (non-hydrogen) atoms. The lowest BCUT2D eigenvalue weighted by atomic mass is 9.95. The first kappa shape index (κ1) is 18.8. The van der Waals surface area contributed by atoms with Gasteiger partial charge in [0.15, 0.2) is 0 Å². The van der Waals surface area contributed by atoms with Crippen LogP contribution in [0.25, 0.3) is 5.69 Å². The van der Waals surface area contributed by atoms with Gasteiger partial charge >= 0.3 is 6.03 Å². The van der Waals surface area contributed by atoms with Gasteiger partial charge in [0.05, 0.1) is 13.3 Å². The van der Waals surface area contributed by atoms with Crippen LogP contribution < -0.4 is 4.74 Å². The summed E-state index contributed by atoms with van der Waals surface area (Å²) >= 11 is 0. The largest absolute Gasteiger partial charge is 0.494 e. The summed E-state index contributed by atoms with van der Waals surface area (Å²) in [5, 5.41) is 4.55. The van der Waals surface area contributed by atoms with Gasteiger partial charge in [-0.25, -0.2) is 9.48 Å². The fraction of sp³-hybridized carbons (Fsp3) is 0.524. The normalized spacial score (nSPS) is 22.2. The number of para-hydroxylation sites is 2. The van der Waals surface area contributed by atoms with E-state index in [1.54, 1.807) is 12.0 Å². The van der Waals surface area contributed by atoms with Gasteiger partial charge in [-0.05, 0) is 30.9 Å². The lowest BCUT2D eigenvalue weighted by Crippen LogP contribution is -2.45.